The summed E-state index contributed by atoms with van der Waals surface area (Å²) in [5.74, 6) is -3.27. The summed E-state index contributed by atoms with van der Waals surface area (Å²) in [6.45, 7) is 3.48. The van der Waals surface area contributed by atoms with Crippen LogP contribution in [0, 0.1) is 12.8 Å². The van der Waals surface area contributed by atoms with Gasteiger partial charge in [-0.25, -0.2) is 4.79 Å². The highest BCUT2D eigenvalue weighted by molar-refractivity contribution is 5.98. The number of hydrogen-bond donors (Lipinski definition) is 3. The number of carboxylic acid groups (broad SMARTS) is 2. The van der Waals surface area contributed by atoms with Crippen LogP contribution >= 0.6 is 0 Å². The van der Waals surface area contributed by atoms with E-state index in [4.69, 9.17) is 19.7 Å². The molecule has 1 aliphatic heterocycles. The molecule has 0 amide bonds. The van der Waals surface area contributed by atoms with Crippen LogP contribution in [-0.2, 0) is 27.4 Å². The van der Waals surface area contributed by atoms with Gasteiger partial charge in [-0.3, -0.25) is 9.59 Å². The van der Waals surface area contributed by atoms with E-state index in [1.807, 2.05) is 0 Å². The minimum atomic E-state index is -1.09. The number of carboxylic acids is 2. The Hall–Kier alpha value is -3.03. The molecule has 0 spiro atoms. The fourth-order valence-corrected chi connectivity index (χ4v) is 3.27. The number of phenols is 1. The first kappa shape index (κ1) is 20.3. The third kappa shape index (κ3) is 4.21. The van der Waals surface area contributed by atoms with Gasteiger partial charge in [0.25, 0.3) is 0 Å². The van der Waals surface area contributed by atoms with Crippen molar-refractivity contribution >= 4 is 17.9 Å². The topological polar surface area (TPSA) is 130 Å². The number of hydrogen-bond acceptors (Lipinski definition) is 6. The minimum absolute atomic E-state index is 0.0678. The molecule has 0 aromatic heterocycles. The Morgan fingerprint density at radius 1 is 1.26 bits per heavy atom. The number of esters is 1. The number of cyclic esters (lactones) is 1. The summed E-state index contributed by atoms with van der Waals surface area (Å²) in [6, 6.07) is 0. The monoisotopic (exact) mass is 378 g/mol. The van der Waals surface area contributed by atoms with E-state index < -0.39 is 23.8 Å². The van der Waals surface area contributed by atoms with Crippen molar-refractivity contribution in [2.45, 2.75) is 39.7 Å². The summed E-state index contributed by atoms with van der Waals surface area (Å²) in [5.41, 5.74) is 2.32. The second kappa shape index (κ2) is 8.11. The first-order valence-corrected chi connectivity index (χ1v) is 8.35. The van der Waals surface area contributed by atoms with Crippen molar-refractivity contribution in [2.75, 3.05) is 7.11 Å². The molecular weight excluding hydrogens is 356 g/mol. The standard InChI is InChI=1S/C19H22O8/c1-9(11(6-14(20)21)7-15(22)23)4-5-12-17(24)16-13(8-27-19(16)25)10(2)18(12)26-3/h4,11,24H,5-8H2,1-3H3,(H,20,21)(H,22,23)/b9-4+. The maximum atomic E-state index is 11.9. The number of methoxy groups -OCH3 is 1. The van der Waals surface area contributed by atoms with Crippen LogP contribution in [0.2, 0.25) is 0 Å². The van der Waals surface area contributed by atoms with Crippen molar-refractivity contribution in [1.82, 2.24) is 0 Å². The van der Waals surface area contributed by atoms with Gasteiger partial charge >= 0.3 is 17.9 Å². The van der Waals surface area contributed by atoms with Gasteiger partial charge in [0.15, 0.2) is 0 Å². The first-order chi connectivity index (χ1) is 12.7. The maximum Gasteiger partial charge on any atom is 0.342 e. The number of carbonyl (C=O) groups excluding carboxylic acids is 1. The summed E-state index contributed by atoms with van der Waals surface area (Å²) in [4.78, 5) is 33.9. The number of allylic oxidation sites excluding steroid dienone is 2. The smallest absolute Gasteiger partial charge is 0.342 e. The average molecular weight is 378 g/mol. The SMILES string of the molecule is COc1c(C)c2c(c(O)c1C/C=C(\C)C(CC(=O)O)CC(=O)O)C(=O)OC2. The van der Waals surface area contributed by atoms with Gasteiger partial charge in [-0.05, 0) is 25.8 Å². The van der Waals surface area contributed by atoms with Gasteiger partial charge in [0.05, 0.1) is 20.0 Å². The number of benzene rings is 1. The molecule has 0 radical (unpaired) electrons. The lowest BCUT2D eigenvalue weighted by atomic mass is 9.90. The summed E-state index contributed by atoms with van der Waals surface area (Å²) in [5, 5.41) is 28.6. The molecule has 0 atom stereocenters. The molecule has 0 fully saturated rings. The molecule has 1 aliphatic rings. The van der Waals surface area contributed by atoms with Crippen LogP contribution < -0.4 is 4.74 Å². The number of phenolic OH excluding ortho intramolecular Hbond substituents is 1. The van der Waals surface area contributed by atoms with E-state index in [-0.39, 0.29) is 37.2 Å². The highest BCUT2D eigenvalue weighted by atomic mass is 16.5. The minimum Gasteiger partial charge on any atom is -0.507 e. The van der Waals surface area contributed by atoms with Crippen LogP contribution in [0.3, 0.4) is 0 Å². The predicted molar refractivity (Wildman–Crippen MR) is 94.0 cm³/mol. The van der Waals surface area contributed by atoms with Crippen molar-refractivity contribution in [2.24, 2.45) is 5.92 Å². The Morgan fingerprint density at radius 3 is 2.37 bits per heavy atom. The fourth-order valence-electron chi connectivity index (χ4n) is 3.27. The zero-order valence-corrected chi connectivity index (χ0v) is 15.4. The molecule has 2 rings (SSSR count). The molecule has 1 aromatic rings. The summed E-state index contributed by atoms with van der Waals surface area (Å²) in [7, 11) is 1.45. The van der Waals surface area contributed by atoms with Gasteiger partial charge in [0, 0.05) is 17.0 Å². The molecule has 0 unspecified atom stereocenters. The lowest BCUT2D eigenvalue weighted by molar-refractivity contribution is -0.140. The van der Waals surface area contributed by atoms with Crippen LogP contribution in [0.4, 0.5) is 0 Å². The molecule has 0 aliphatic carbocycles. The Labute approximate surface area is 156 Å². The van der Waals surface area contributed by atoms with Crippen molar-refractivity contribution in [3.63, 3.8) is 0 Å². The first-order valence-electron chi connectivity index (χ1n) is 8.35. The maximum absolute atomic E-state index is 11.9. The number of rotatable bonds is 8. The van der Waals surface area contributed by atoms with Gasteiger partial charge in [-0.1, -0.05) is 11.6 Å². The third-order valence-electron chi connectivity index (χ3n) is 4.76. The van der Waals surface area contributed by atoms with Crippen LogP contribution in [0.5, 0.6) is 11.5 Å². The van der Waals surface area contributed by atoms with Crippen LogP contribution in [-0.4, -0.2) is 40.3 Å². The molecule has 0 saturated carbocycles. The van der Waals surface area contributed by atoms with E-state index in [1.54, 1.807) is 19.9 Å². The predicted octanol–water partition coefficient (Wildman–Crippen LogP) is 2.43. The third-order valence-corrected chi connectivity index (χ3v) is 4.76. The molecule has 1 heterocycles. The van der Waals surface area contributed by atoms with Crippen molar-refractivity contribution in [3.05, 3.63) is 33.9 Å². The lowest BCUT2D eigenvalue weighted by Gasteiger charge is -2.17. The number of carbonyl (C=O) groups is 3. The number of ether oxygens (including phenoxy) is 2. The van der Waals surface area contributed by atoms with Crippen molar-refractivity contribution < 1.29 is 39.2 Å². The van der Waals surface area contributed by atoms with E-state index in [1.165, 1.54) is 7.11 Å². The Kier molecular flexibility index (Phi) is 6.09. The van der Waals surface area contributed by atoms with E-state index in [2.05, 4.69) is 0 Å². The van der Waals surface area contributed by atoms with E-state index >= 15 is 0 Å². The quantitative estimate of drug-likeness (QED) is 0.464. The molecule has 3 N–H and O–H groups in total. The number of fused-ring (bicyclic) bond motifs is 1. The Bertz CT molecular complexity index is 806. The molecule has 146 valence electrons. The van der Waals surface area contributed by atoms with E-state index in [0.717, 1.165) is 0 Å². The Balaban J connectivity index is 2.41. The highest BCUT2D eigenvalue weighted by Crippen LogP contribution is 2.42. The normalized spacial score (nSPS) is 13.5. The summed E-state index contributed by atoms with van der Waals surface area (Å²) >= 11 is 0. The Morgan fingerprint density at radius 2 is 1.85 bits per heavy atom. The number of aliphatic carboxylic acids is 2. The largest absolute Gasteiger partial charge is 0.507 e. The summed E-state index contributed by atoms with van der Waals surface area (Å²) in [6.07, 6.45) is 1.18. The lowest BCUT2D eigenvalue weighted by Crippen LogP contribution is -2.14. The zero-order chi connectivity index (χ0) is 20.3. The average Bonchev–Trinajstić information content (AvgIpc) is 2.97. The van der Waals surface area contributed by atoms with Gasteiger partial charge in [-0.15, -0.1) is 0 Å². The second-order valence-corrected chi connectivity index (χ2v) is 6.46. The molecule has 1 aromatic carbocycles. The molecular formula is C19H22O8. The molecule has 8 nitrogen and oxygen atoms in total. The van der Waals surface area contributed by atoms with Crippen molar-refractivity contribution in [3.8, 4) is 11.5 Å². The van der Waals surface area contributed by atoms with Crippen LogP contribution in [0.25, 0.3) is 0 Å². The van der Waals surface area contributed by atoms with Gasteiger partial charge in [0.2, 0.25) is 0 Å². The van der Waals surface area contributed by atoms with Crippen molar-refractivity contribution in [1.29, 1.82) is 0 Å². The molecule has 0 saturated heterocycles. The molecule has 0 bridgehead atoms. The van der Waals surface area contributed by atoms with Gasteiger partial charge in [0.1, 0.15) is 23.7 Å². The van der Waals surface area contributed by atoms with E-state index in [0.29, 0.717) is 28.0 Å². The zero-order valence-electron chi connectivity index (χ0n) is 15.4. The molecule has 27 heavy (non-hydrogen) atoms. The molecule has 8 heteroatoms. The van der Waals surface area contributed by atoms with Crippen LogP contribution in [0.1, 0.15) is 46.8 Å². The van der Waals surface area contributed by atoms with Crippen LogP contribution in [0.15, 0.2) is 11.6 Å². The fraction of sp³-hybridized carbons (Fsp3) is 0.421. The van der Waals surface area contributed by atoms with Gasteiger partial charge < -0.3 is 24.8 Å². The van der Waals surface area contributed by atoms with Gasteiger partial charge in [-0.2, -0.15) is 0 Å². The summed E-state index contributed by atoms with van der Waals surface area (Å²) < 4.78 is 10.4. The number of aromatic hydroxyl groups is 1. The second-order valence-electron chi connectivity index (χ2n) is 6.46. The highest BCUT2D eigenvalue weighted by Gasteiger charge is 2.32. The van der Waals surface area contributed by atoms with E-state index in [9.17, 15) is 19.5 Å².